The van der Waals surface area contributed by atoms with Crippen molar-refractivity contribution in [2.75, 3.05) is 5.32 Å². The molecule has 1 heterocycles. The number of amides is 1. The third-order valence-corrected chi connectivity index (χ3v) is 4.98. The third-order valence-electron chi connectivity index (χ3n) is 4.47. The number of carbonyl (C=O) groups excluding carboxylic acids is 1. The Morgan fingerprint density at radius 3 is 2.15 bits per heavy atom. The van der Waals surface area contributed by atoms with Gasteiger partial charge in [-0.1, -0.05) is 59.6 Å². The summed E-state index contributed by atoms with van der Waals surface area (Å²) < 4.78 is 0. The quantitative estimate of drug-likeness (QED) is 0.624. The molecule has 0 fully saturated rings. The molecule has 1 aliphatic heterocycles. The van der Waals surface area contributed by atoms with Crippen molar-refractivity contribution in [3.63, 3.8) is 0 Å². The van der Waals surface area contributed by atoms with Crippen molar-refractivity contribution in [1.82, 2.24) is 4.90 Å². The van der Waals surface area contributed by atoms with Crippen molar-refractivity contribution >= 4 is 34.8 Å². The maximum absolute atomic E-state index is 13.2. The number of rotatable bonds is 3. The Morgan fingerprint density at radius 1 is 0.846 bits per heavy atom. The molecule has 0 saturated heterocycles. The molecule has 4 rings (SSSR count). The second-order valence-electron chi connectivity index (χ2n) is 6.20. The summed E-state index contributed by atoms with van der Waals surface area (Å²) in [5, 5.41) is 4.83. The van der Waals surface area contributed by atoms with Crippen LogP contribution in [0.3, 0.4) is 0 Å². The topological polar surface area (TPSA) is 32.3 Å². The van der Waals surface area contributed by atoms with Crippen LogP contribution in [0.5, 0.6) is 0 Å². The first-order chi connectivity index (χ1) is 12.6. The molecule has 1 N–H and O–H groups in total. The minimum absolute atomic E-state index is 0.00532. The van der Waals surface area contributed by atoms with Gasteiger partial charge in [0.15, 0.2) is 0 Å². The van der Waals surface area contributed by atoms with Gasteiger partial charge in [0.1, 0.15) is 6.17 Å². The van der Waals surface area contributed by atoms with Gasteiger partial charge in [-0.25, -0.2) is 0 Å². The fourth-order valence-electron chi connectivity index (χ4n) is 3.15. The van der Waals surface area contributed by atoms with Crippen molar-refractivity contribution in [3.05, 3.63) is 99.5 Å². The largest absolute Gasteiger partial charge is 0.361 e. The Morgan fingerprint density at radius 2 is 1.46 bits per heavy atom. The number of hydrogen-bond acceptors (Lipinski definition) is 2. The fraction of sp³-hybridized carbons (Fsp3) is 0.0952. The van der Waals surface area contributed by atoms with Gasteiger partial charge in [-0.3, -0.25) is 4.79 Å². The summed E-state index contributed by atoms with van der Waals surface area (Å²) in [7, 11) is 0. The maximum atomic E-state index is 13.2. The number of nitrogens with one attached hydrogen (secondary N) is 1. The standard InChI is InChI=1S/C21H16Cl2N2O/c22-16-9-5-14(6-10-16)13-25-20(15-7-11-17(23)12-8-15)24-19-4-2-1-3-18(19)21(25)26/h1-12,20,24H,13H2/t20-/m0/s1. The predicted octanol–water partition coefficient (Wildman–Crippen LogP) is 5.76. The van der Waals surface area contributed by atoms with Crippen LogP contribution in [0.4, 0.5) is 5.69 Å². The van der Waals surface area contributed by atoms with E-state index in [2.05, 4.69) is 5.32 Å². The Bertz CT molecular complexity index is 939. The molecule has 26 heavy (non-hydrogen) atoms. The second kappa shape index (κ2) is 7.02. The monoisotopic (exact) mass is 382 g/mol. The van der Waals surface area contributed by atoms with E-state index in [1.807, 2.05) is 77.7 Å². The number of hydrogen-bond donors (Lipinski definition) is 1. The van der Waals surface area contributed by atoms with Gasteiger partial charge >= 0.3 is 0 Å². The first-order valence-corrected chi connectivity index (χ1v) is 9.04. The van der Waals surface area contributed by atoms with Gasteiger partial charge < -0.3 is 10.2 Å². The third kappa shape index (κ3) is 3.28. The van der Waals surface area contributed by atoms with Crippen LogP contribution >= 0.6 is 23.2 Å². The van der Waals surface area contributed by atoms with Crippen molar-refractivity contribution in [2.45, 2.75) is 12.7 Å². The Balaban J connectivity index is 1.74. The lowest BCUT2D eigenvalue weighted by Gasteiger charge is -2.38. The van der Waals surface area contributed by atoms with Crippen LogP contribution in [-0.4, -0.2) is 10.8 Å². The van der Waals surface area contributed by atoms with E-state index < -0.39 is 0 Å². The summed E-state index contributed by atoms with van der Waals surface area (Å²) in [6, 6.07) is 22.7. The first-order valence-electron chi connectivity index (χ1n) is 8.28. The highest BCUT2D eigenvalue weighted by molar-refractivity contribution is 6.30. The molecule has 0 unspecified atom stereocenters. The minimum atomic E-state index is -0.273. The Kier molecular flexibility index (Phi) is 4.58. The highest BCUT2D eigenvalue weighted by Gasteiger charge is 2.32. The molecular formula is C21H16Cl2N2O. The van der Waals surface area contributed by atoms with Crippen molar-refractivity contribution in [2.24, 2.45) is 0 Å². The molecule has 0 radical (unpaired) electrons. The summed E-state index contributed by atoms with van der Waals surface area (Å²) in [5.74, 6) is -0.00532. The van der Waals surface area contributed by atoms with Crippen molar-refractivity contribution < 1.29 is 4.79 Å². The van der Waals surface area contributed by atoms with Crippen LogP contribution in [-0.2, 0) is 6.54 Å². The number of para-hydroxylation sites is 1. The van der Waals surface area contributed by atoms with Crippen molar-refractivity contribution in [3.8, 4) is 0 Å². The highest BCUT2D eigenvalue weighted by Crippen LogP contribution is 2.34. The molecule has 1 aliphatic rings. The average molecular weight is 383 g/mol. The van der Waals surface area contributed by atoms with Crippen LogP contribution < -0.4 is 5.32 Å². The van der Waals surface area contributed by atoms with Crippen LogP contribution in [0.25, 0.3) is 0 Å². The molecule has 130 valence electrons. The molecule has 0 bridgehead atoms. The summed E-state index contributed by atoms with van der Waals surface area (Å²) >= 11 is 12.0. The number of halogens is 2. The number of anilines is 1. The van der Waals surface area contributed by atoms with E-state index in [0.29, 0.717) is 22.2 Å². The highest BCUT2D eigenvalue weighted by atomic mass is 35.5. The van der Waals surface area contributed by atoms with Crippen LogP contribution in [0.2, 0.25) is 10.0 Å². The van der Waals surface area contributed by atoms with Gasteiger partial charge in [-0.2, -0.15) is 0 Å². The molecule has 3 aromatic carbocycles. The average Bonchev–Trinajstić information content (AvgIpc) is 2.66. The summed E-state index contributed by atoms with van der Waals surface area (Å²) in [4.78, 5) is 15.0. The van der Waals surface area contributed by atoms with E-state index in [0.717, 1.165) is 16.8 Å². The van der Waals surface area contributed by atoms with E-state index in [-0.39, 0.29) is 12.1 Å². The van der Waals surface area contributed by atoms with E-state index in [9.17, 15) is 4.79 Å². The fourth-order valence-corrected chi connectivity index (χ4v) is 3.40. The molecule has 3 aromatic rings. The van der Waals surface area contributed by atoms with Gasteiger partial charge in [0.2, 0.25) is 0 Å². The molecule has 5 heteroatoms. The van der Waals surface area contributed by atoms with Gasteiger partial charge in [0.25, 0.3) is 5.91 Å². The molecule has 0 spiro atoms. The number of nitrogens with zero attached hydrogens (tertiary/aromatic N) is 1. The SMILES string of the molecule is O=C1c2ccccc2N[C@H](c2ccc(Cl)cc2)N1Cc1ccc(Cl)cc1. The lowest BCUT2D eigenvalue weighted by molar-refractivity contribution is 0.0666. The zero-order valence-electron chi connectivity index (χ0n) is 13.8. The molecule has 0 saturated carbocycles. The zero-order valence-corrected chi connectivity index (χ0v) is 15.3. The lowest BCUT2D eigenvalue weighted by Crippen LogP contribution is -2.42. The summed E-state index contributed by atoms with van der Waals surface area (Å²) in [6.07, 6.45) is -0.273. The first kappa shape index (κ1) is 17.0. The van der Waals surface area contributed by atoms with E-state index >= 15 is 0 Å². The second-order valence-corrected chi connectivity index (χ2v) is 7.08. The van der Waals surface area contributed by atoms with Crippen LogP contribution in [0.1, 0.15) is 27.7 Å². The molecule has 0 aliphatic carbocycles. The van der Waals surface area contributed by atoms with E-state index in [1.54, 1.807) is 0 Å². The lowest BCUT2D eigenvalue weighted by atomic mass is 10.0. The summed E-state index contributed by atoms with van der Waals surface area (Å²) in [6.45, 7) is 0.477. The van der Waals surface area contributed by atoms with Gasteiger partial charge in [0.05, 0.1) is 5.56 Å². The van der Waals surface area contributed by atoms with Gasteiger partial charge in [0, 0.05) is 22.3 Å². The molecule has 1 amide bonds. The normalized spacial score (nSPS) is 16.2. The summed E-state index contributed by atoms with van der Waals surface area (Å²) in [5.41, 5.74) is 3.51. The van der Waals surface area contributed by atoms with Gasteiger partial charge in [-0.05, 0) is 47.5 Å². The van der Waals surface area contributed by atoms with E-state index in [1.165, 1.54) is 0 Å². The van der Waals surface area contributed by atoms with Crippen LogP contribution in [0, 0.1) is 0 Å². The van der Waals surface area contributed by atoms with Crippen molar-refractivity contribution in [1.29, 1.82) is 0 Å². The number of benzene rings is 3. The van der Waals surface area contributed by atoms with E-state index in [4.69, 9.17) is 23.2 Å². The van der Waals surface area contributed by atoms with Crippen LogP contribution in [0.15, 0.2) is 72.8 Å². The predicted molar refractivity (Wildman–Crippen MR) is 106 cm³/mol. The molecule has 3 nitrogen and oxygen atoms in total. The zero-order chi connectivity index (χ0) is 18.1. The number of carbonyl (C=O) groups is 1. The molecule has 1 atom stereocenters. The van der Waals surface area contributed by atoms with Gasteiger partial charge in [-0.15, -0.1) is 0 Å². The smallest absolute Gasteiger partial charge is 0.258 e. The Labute approximate surface area is 162 Å². The maximum Gasteiger partial charge on any atom is 0.258 e. The molecule has 0 aromatic heterocycles. The minimum Gasteiger partial charge on any atom is -0.361 e. The molecular weight excluding hydrogens is 367 g/mol. The number of fused-ring (bicyclic) bond motifs is 1. The Hall–Kier alpha value is -2.49.